The van der Waals surface area contributed by atoms with Crippen LogP contribution >= 0.6 is 0 Å². The van der Waals surface area contributed by atoms with E-state index >= 15 is 0 Å². The van der Waals surface area contributed by atoms with Crippen LogP contribution < -0.4 is 11.1 Å². The van der Waals surface area contributed by atoms with Gasteiger partial charge in [0.05, 0.1) is 23.6 Å². The van der Waals surface area contributed by atoms with E-state index < -0.39 is 22.5 Å². The summed E-state index contributed by atoms with van der Waals surface area (Å²) in [6, 6.07) is 12.0. The summed E-state index contributed by atoms with van der Waals surface area (Å²) in [7, 11) is 0. The van der Waals surface area contributed by atoms with E-state index in [2.05, 4.69) is 10.5 Å². The van der Waals surface area contributed by atoms with Gasteiger partial charge in [0.25, 0.3) is 5.69 Å². The van der Waals surface area contributed by atoms with Gasteiger partial charge in [0.1, 0.15) is 6.04 Å². The van der Waals surface area contributed by atoms with Gasteiger partial charge in [0, 0.05) is 42.3 Å². The molecule has 1 saturated heterocycles. The first-order valence-electron chi connectivity index (χ1n) is 12.0. The molecule has 3 amide bonds. The lowest BCUT2D eigenvalue weighted by Gasteiger charge is -2.23. The van der Waals surface area contributed by atoms with Crippen LogP contribution in [0, 0.1) is 10.1 Å². The molecule has 11 heteroatoms. The maximum Gasteiger partial charge on any atom is 0.269 e. The average Bonchev–Trinajstić information content (AvgIpc) is 3.49. The Labute approximate surface area is 218 Å². The minimum absolute atomic E-state index is 0.0458. The molecule has 0 saturated carbocycles. The molecule has 4 rings (SSSR count). The Morgan fingerprint density at radius 2 is 2.00 bits per heavy atom. The summed E-state index contributed by atoms with van der Waals surface area (Å²) in [4.78, 5) is 55.0. The van der Waals surface area contributed by atoms with Crippen LogP contribution in [0.3, 0.4) is 0 Å². The van der Waals surface area contributed by atoms with Crippen molar-refractivity contribution in [3.8, 4) is 0 Å². The van der Waals surface area contributed by atoms with Crippen molar-refractivity contribution in [2.75, 3.05) is 11.9 Å². The Hall–Kier alpha value is -4.80. The molecule has 11 nitrogen and oxygen atoms in total. The molecule has 3 N–H and O–H groups in total. The van der Waals surface area contributed by atoms with Crippen LogP contribution in [-0.2, 0) is 25.6 Å². The predicted molar refractivity (Wildman–Crippen MR) is 140 cm³/mol. The number of nitrogens with two attached hydrogens (primary N) is 1. The van der Waals surface area contributed by atoms with Gasteiger partial charge in [0.15, 0.2) is 5.60 Å². The second-order valence-corrected chi connectivity index (χ2v) is 9.19. The summed E-state index contributed by atoms with van der Waals surface area (Å²) in [5, 5.41) is 17.9. The third-order valence-electron chi connectivity index (χ3n) is 6.40. The fourth-order valence-corrected chi connectivity index (χ4v) is 4.56. The molecular weight excluding hydrogens is 490 g/mol. The number of primary amides is 1. The highest BCUT2D eigenvalue weighted by Crippen LogP contribution is 2.39. The van der Waals surface area contributed by atoms with Crippen molar-refractivity contribution in [1.82, 2.24) is 4.90 Å². The fraction of sp³-hybridized carbons (Fsp3) is 0.259. The molecule has 196 valence electrons. The molecule has 0 radical (unpaired) electrons. The highest BCUT2D eigenvalue weighted by atomic mass is 16.7. The normalized spacial score (nSPS) is 20.6. The molecular formula is C27H27N5O6. The van der Waals surface area contributed by atoms with E-state index in [1.165, 1.54) is 35.2 Å². The fourth-order valence-electron chi connectivity index (χ4n) is 4.56. The van der Waals surface area contributed by atoms with Crippen LogP contribution in [-0.4, -0.2) is 51.4 Å². The molecule has 2 aromatic carbocycles. The number of hydrogen-bond donors (Lipinski definition) is 2. The second kappa shape index (κ2) is 11.1. The number of benzene rings is 2. The quantitative estimate of drug-likeness (QED) is 0.237. The van der Waals surface area contributed by atoms with E-state index in [9.17, 15) is 24.5 Å². The molecule has 0 bridgehead atoms. The number of non-ortho nitro benzene ring substituents is 1. The van der Waals surface area contributed by atoms with E-state index in [1.54, 1.807) is 30.4 Å². The van der Waals surface area contributed by atoms with Gasteiger partial charge < -0.3 is 20.8 Å². The molecule has 0 aliphatic carbocycles. The number of allylic oxidation sites excluding steroid dienone is 3. The maximum atomic E-state index is 13.1. The van der Waals surface area contributed by atoms with Gasteiger partial charge in [-0.25, -0.2) is 0 Å². The molecule has 1 spiro atoms. The topological polar surface area (TPSA) is 157 Å². The van der Waals surface area contributed by atoms with E-state index in [0.717, 1.165) is 5.56 Å². The minimum Gasteiger partial charge on any atom is -0.387 e. The number of likely N-dealkylation sites (tertiary alicyclic amines) is 1. The Morgan fingerprint density at radius 1 is 1.24 bits per heavy atom. The Bertz CT molecular complexity index is 1350. The van der Waals surface area contributed by atoms with Crippen molar-refractivity contribution in [3.05, 3.63) is 94.1 Å². The third-order valence-corrected chi connectivity index (χ3v) is 6.40. The summed E-state index contributed by atoms with van der Waals surface area (Å²) in [6.45, 7) is 1.97. The first kappa shape index (κ1) is 26.3. The first-order valence-corrected chi connectivity index (χ1v) is 12.0. The lowest BCUT2D eigenvalue weighted by atomic mass is 9.91. The van der Waals surface area contributed by atoms with Crippen molar-refractivity contribution in [1.29, 1.82) is 0 Å². The molecule has 0 aromatic heterocycles. The molecule has 2 atom stereocenters. The zero-order valence-corrected chi connectivity index (χ0v) is 20.7. The van der Waals surface area contributed by atoms with Gasteiger partial charge in [0.2, 0.25) is 17.7 Å². The van der Waals surface area contributed by atoms with Crippen LogP contribution in [0.5, 0.6) is 0 Å². The molecule has 2 aliphatic heterocycles. The number of amides is 3. The van der Waals surface area contributed by atoms with Crippen molar-refractivity contribution in [2.24, 2.45) is 10.9 Å². The van der Waals surface area contributed by atoms with E-state index in [0.29, 0.717) is 23.4 Å². The van der Waals surface area contributed by atoms with Gasteiger partial charge >= 0.3 is 0 Å². The predicted octanol–water partition coefficient (Wildman–Crippen LogP) is 2.86. The molecule has 1 unspecified atom stereocenters. The van der Waals surface area contributed by atoms with Crippen molar-refractivity contribution < 1.29 is 24.1 Å². The third kappa shape index (κ3) is 5.94. The zero-order valence-electron chi connectivity index (χ0n) is 20.7. The van der Waals surface area contributed by atoms with E-state index in [1.807, 2.05) is 19.1 Å². The van der Waals surface area contributed by atoms with Crippen molar-refractivity contribution in [3.63, 3.8) is 0 Å². The van der Waals surface area contributed by atoms with Crippen molar-refractivity contribution in [2.45, 2.75) is 37.8 Å². The van der Waals surface area contributed by atoms with Crippen LogP contribution in [0.2, 0.25) is 0 Å². The standard InChI is InChI=1S/C27H27N5O6/c1-2-3-4-8-24(33)29-20-7-5-6-19(14-20)22-15-27(38-30-22)16-23(26(28)35)31(17-27)25(34)13-18-9-11-21(12-10-18)32(36)37/h2-12,14,23H,13,15-17H2,1H3,(H2,28,35)(H,29,33)/b3-2-,8-4-/t23-,27?/m1/s1. The van der Waals surface area contributed by atoms with Gasteiger partial charge in [-0.05, 0) is 24.6 Å². The van der Waals surface area contributed by atoms with Crippen LogP contribution in [0.15, 0.2) is 78.0 Å². The minimum atomic E-state index is -0.908. The summed E-state index contributed by atoms with van der Waals surface area (Å²) >= 11 is 0. The number of carbonyl (C=O) groups excluding carboxylic acids is 3. The molecule has 2 aliphatic rings. The second-order valence-electron chi connectivity index (χ2n) is 9.19. The number of hydrogen-bond acceptors (Lipinski definition) is 7. The Balaban J connectivity index is 1.44. The van der Waals surface area contributed by atoms with Crippen LogP contribution in [0.4, 0.5) is 11.4 Å². The number of anilines is 1. The number of oxime groups is 1. The number of nitrogens with zero attached hydrogens (tertiary/aromatic N) is 3. The van der Waals surface area contributed by atoms with E-state index in [4.69, 9.17) is 10.6 Å². The van der Waals surface area contributed by atoms with Crippen LogP contribution in [0.25, 0.3) is 0 Å². The van der Waals surface area contributed by atoms with Gasteiger partial charge in [-0.15, -0.1) is 0 Å². The number of rotatable bonds is 8. The smallest absolute Gasteiger partial charge is 0.269 e. The molecule has 2 aromatic rings. The van der Waals surface area contributed by atoms with Gasteiger partial charge in [-0.3, -0.25) is 24.5 Å². The monoisotopic (exact) mass is 517 g/mol. The van der Waals surface area contributed by atoms with Crippen molar-refractivity contribution >= 4 is 34.8 Å². The maximum absolute atomic E-state index is 13.1. The highest BCUT2D eigenvalue weighted by Gasteiger charge is 2.53. The number of carbonyl (C=O) groups is 3. The number of nitro groups is 1. The first-order chi connectivity index (χ1) is 18.2. The SMILES string of the molecule is C/C=C\C=C/C(=O)Nc1cccc(C2=NOC3(C2)C[C@H](C(N)=O)N(C(=O)Cc2ccc([N+](=O)[O-])cc2)C3)c1. The van der Waals surface area contributed by atoms with Crippen LogP contribution in [0.1, 0.15) is 30.9 Å². The van der Waals surface area contributed by atoms with Gasteiger partial charge in [-0.2, -0.15) is 0 Å². The summed E-state index contributed by atoms with van der Waals surface area (Å²) < 4.78 is 0. The van der Waals surface area contributed by atoms with E-state index in [-0.39, 0.29) is 36.9 Å². The average molecular weight is 518 g/mol. The number of nitro benzene ring substituents is 1. The molecule has 1 fully saturated rings. The number of nitrogens with one attached hydrogen (secondary N) is 1. The largest absolute Gasteiger partial charge is 0.387 e. The summed E-state index contributed by atoms with van der Waals surface area (Å²) in [5.41, 5.74) is 7.17. The lowest BCUT2D eigenvalue weighted by Crippen LogP contribution is -2.44. The molecule has 38 heavy (non-hydrogen) atoms. The lowest BCUT2D eigenvalue weighted by molar-refractivity contribution is -0.384. The highest BCUT2D eigenvalue weighted by molar-refractivity contribution is 6.04. The summed E-state index contributed by atoms with van der Waals surface area (Å²) in [6.07, 6.45) is 7.11. The summed E-state index contributed by atoms with van der Waals surface area (Å²) in [5.74, 6) is -1.26. The Morgan fingerprint density at radius 3 is 2.68 bits per heavy atom. The Kier molecular flexibility index (Phi) is 7.66. The zero-order chi connectivity index (χ0) is 27.3. The molecule has 2 heterocycles. The van der Waals surface area contributed by atoms with Gasteiger partial charge in [-0.1, -0.05) is 47.6 Å².